The van der Waals surface area contributed by atoms with E-state index in [1.807, 2.05) is 13.8 Å². The van der Waals surface area contributed by atoms with E-state index in [0.717, 1.165) is 45.1 Å². The van der Waals surface area contributed by atoms with Crippen LogP contribution in [-0.4, -0.2) is 32.8 Å². The van der Waals surface area contributed by atoms with Crippen LogP contribution in [0.5, 0.6) is 0 Å². The molecule has 1 aromatic rings. The molecule has 1 aliphatic carbocycles. The summed E-state index contributed by atoms with van der Waals surface area (Å²) in [5.41, 5.74) is 0.186. The minimum Gasteiger partial charge on any atom is -0.382 e. The summed E-state index contributed by atoms with van der Waals surface area (Å²) in [7, 11) is 1.66. The fraction of sp³-hybridized carbons (Fsp3) is 0.632. The first-order chi connectivity index (χ1) is 12.3. The number of hydrogen-bond acceptors (Lipinski definition) is 2. The van der Waals surface area contributed by atoms with E-state index in [1.165, 1.54) is 12.1 Å². The molecule has 0 aromatic heterocycles. The molecule has 2 rings (SSSR count). The van der Waals surface area contributed by atoms with Gasteiger partial charge in [0, 0.05) is 26.8 Å². The third-order valence-corrected chi connectivity index (χ3v) is 4.86. The Morgan fingerprint density at radius 1 is 1.33 bits per heavy atom. The molecular weight excluding hydrogens is 470 g/mol. The Morgan fingerprint density at radius 3 is 2.59 bits per heavy atom. The molecule has 1 saturated carbocycles. The molecule has 0 spiro atoms. The lowest BCUT2D eigenvalue weighted by Gasteiger charge is -2.22. The molecule has 1 fully saturated rings. The van der Waals surface area contributed by atoms with Crippen molar-refractivity contribution in [3.8, 4) is 0 Å². The maximum atomic E-state index is 12.9. The van der Waals surface area contributed by atoms with E-state index >= 15 is 0 Å². The van der Waals surface area contributed by atoms with E-state index in [-0.39, 0.29) is 35.4 Å². The smallest absolute Gasteiger partial charge is 0.382 e. The van der Waals surface area contributed by atoms with Gasteiger partial charge in [-0.25, -0.2) is 0 Å². The molecule has 1 unspecified atom stereocenters. The predicted octanol–water partition coefficient (Wildman–Crippen LogP) is 4.76. The van der Waals surface area contributed by atoms with Crippen LogP contribution in [0.4, 0.5) is 13.2 Å². The fourth-order valence-corrected chi connectivity index (χ4v) is 2.86. The molecule has 27 heavy (non-hydrogen) atoms. The standard InChI is InChI=1S/C19H28F3N3O.HI/c1-4-26-11-10-18(8-9-18)13-24-17(23-3)25-14(2)15-6-5-7-16(12-15)19(20,21)22;/h5-7,12,14H,4,8-11,13H2,1-3H3,(H2,23,24,25);1H. The van der Waals surface area contributed by atoms with Gasteiger partial charge in [0.25, 0.3) is 0 Å². The third-order valence-electron chi connectivity index (χ3n) is 4.86. The lowest BCUT2D eigenvalue weighted by atomic mass is 10.0. The number of ether oxygens (including phenoxy) is 1. The Kier molecular flexibility index (Phi) is 9.33. The molecule has 154 valence electrons. The number of hydrogen-bond donors (Lipinski definition) is 2. The number of aliphatic imine (C=N–C) groups is 1. The lowest BCUT2D eigenvalue weighted by molar-refractivity contribution is -0.137. The summed E-state index contributed by atoms with van der Waals surface area (Å²) in [6.07, 6.45) is -1.01. The average Bonchev–Trinajstić information content (AvgIpc) is 3.38. The first kappa shape index (κ1) is 24.0. The van der Waals surface area contributed by atoms with Gasteiger partial charge in [-0.3, -0.25) is 4.99 Å². The van der Waals surface area contributed by atoms with E-state index in [2.05, 4.69) is 15.6 Å². The molecule has 2 N–H and O–H groups in total. The summed E-state index contributed by atoms with van der Waals surface area (Å²) in [6, 6.07) is 5.08. The van der Waals surface area contributed by atoms with Gasteiger partial charge in [0.15, 0.2) is 5.96 Å². The molecule has 0 amide bonds. The molecule has 1 aromatic carbocycles. The van der Waals surface area contributed by atoms with E-state index < -0.39 is 11.7 Å². The molecule has 0 heterocycles. The van der Waals surface area contributed by atoms with E-state index in [4.69, 9.17) is 4.74 Å². The molecule has 0 radical (unpaired) electrons. The van der Waals surface area contributed by atoms with E-state index in [1.54, 1.807) is 13.1 Å². The summed E-state index contributed by atoms with van der Waals surface area (Å²) < 4.78 is 44.1. The molecule has 1 aliphatic rings. The van der Waals surface area contributed by atoms with Crippen molar-refractivity contribution in [3.63, 3.8) is 0 Å². The van der Waals surface area contributed by atoms with Gasteiger partial charge in [0.2, 0.25) is 0 Å². The van der Waals surface area contributed by atoms with Gasteiger partial charge >= 0.3 is 6.18 Å². The Balaban J connectivity index is 0.00000364. The minimum absolute atomic E-state index is 0. The molecule has 0 bridgehead atoms. The second-order valence-corrected chi connectivity index (χ2v) is 6.86. The minimum atomic E-state index is -4.34. The highest BCUT2D eigenvalue weighted by molar-refractivity contribution is 14.0. The number of alkyl halides is 3. The molecule has 0 aliphatic heterocycles. The zero-order chi connectivity index (χ0) is 19.2. The second kappa shape index (κ2) is 10.5. The van der Waals surface area contributed by atoms with Crippen LogP contribution in [-0.2, 0) is 10.9 Å². The van der Waals surface area contributed by atoms with Gasteiger partial charge in [-0.05, 0) is 56.2 Å². The summed E-state index contributed by atoms with van der Waals surface area (Å²) in [6.45, 7) is 6.07. The summed E-state index contributed by atoms with van der Waals surface area (Å²) in [5.74, 6) is 0.595. The van der Waals surface area contributed by atoms with Gasteiger partial charge in [0.05, 0.1) is 11.6 Å². The SMILES string of the molecule is CCOCCC1(CNC(=NC)NC(C)c2cccc(C(F)(F)F)c2)CC1.I. The second-order valence-electron chi connectivity index (χ2n) is 6.86. The van der Waals surface area contributed by atoms with Crippen LogP contribution in [0.3, 0.4) is 0 Å². The van der Waals surface area contributed by atoms with Crippen LogP contribution >= 0.6 is 24.0 Å². The Morgan fingerprint density at radius 2 is 2.04 bits per heavy atom. The largest absolute Gasteiger partial charge is 0.416 e. The Labute approximate surface area is 176 Å². The third kappa shape index (κ3) is 7.48. The van der Waals surface area contributed by atoms with Gasteiger partial charge in [-0.15, -0.1) is 24.0 Å². The molecule has 1 atom stereocenters. The van der Waals surface area contributed by atoms with Gasteiger partial charge in [0.1, 0.15) is 0 Å². The Hall–Kier alpha value is -1.03. The normalized spacial score (nSPS) is 17.0. The zero-order valence-electron chi connectivity index (χ0n) is 16.0. The van der Waals surface area contributed by atoms with Crippen LogP contribution in [0.15, 0.2) is 29.3 Å². The number of nitrogens with one attached hydrogen (secondary N) is 2. The highest BCUT2D eigenvalue weighted by Gasteiger charge is 2.42. The van der Waals surface area contributed by atoms with Crippen molar-refractivity contribution < 1.29 is 17.9 Å². The van der Waals surface area contributed by atoms with Crippen molar-refractivity contribution in [2.24, 2.45) is 10.4 Å². The van der Waals surface area contributed by atoms with Crippen molar-refractivity contribution in [1.29, 1.82) is 0 Å². The summed E-state index contributed by atoms with van der Waals surface area (Å²) >= 11 is 0. The topological polar surface area (TPSA) is 45.6 Å². The summed E-state index contributed by atoms with van der Waals surface area (Å²) in [5, 5.41) is 6.48. The predicted molar refractivity (Wildman–Crippen MR) is 113 cm³/mol. The van der Waals surface area contributed by atoms with Crippen LogP contribution in [0.1, 0.15) is 50.3 Å². The maximum Gasteiger partial charge on any atom is 0.416 e. The molecule has 8 heteroatoms. The number of guanidine groups is 1. The zero-order valence-corrected chi connectivity index (χ0v) is 18.4. The first-order valence-corrected chi connectivity index (χ1v) is 9.02. The number of halogens is 4. The van der Waals surface area contributed by atoms with E-state index in [9.17, 15) is 13.2 Å². The van der Waals surface area contributed by atoms with Gasteiger partial charge in [-0.2, -0.15) is 13.2 Å². The quantitative estimate of drug-likeness (QED) is 0.235. The van der Waals surface area contributed by atoms with Crippen molar-refractivity contribution in [2.75, 3.05) is 26.8 Å². The summed E-state index contributed by atoms with van der Waals surface area (Å²) in [4.78, 5) is 4.19. The first-order valence-electron chi connectivity index (χ1n) is 9.02. The van der Waals surface area contributed by atoms with Crippen molar-refractivity contribution in [3.05, 3.63) is 35.4 Å². The fourth-order valence-electron chi connectivity index (χ4n) is 2.86. The highest BCUT2D eigenvalue weighted by Crippen LogP contribution is 2.48. The van der Waals surface area contributed by atoms with Crippen LogP contribution in [0, 0.1) is 5.41 Å². The Bertz CT molecular complexity index is 618. The van der Waals surface area contributed by atoms with Crippen molar-refractivity contribution >= 4 is 29.9 Å². The van der Waals surface area contributed by atoms with Crippen LogP contribution in [0.2, 0.25) is 0 Å². The lowest BCUT2D eigenvalue weighted by Crippen LogP contribution is -2.41. The van der Waals surface area contributed by atoms with Crippen LogP contribution < -0.4 is 10.6 Å². The number of rotatable bonds is 8. The van der Waals surface area contributed by atoms with Gasteiger partial charge in [-0.1, -0.05) is 12.1 Å². The highest BCUT2D eigenvalue weighted by atomic mass is 127. The average molecular weight is 499 g/mol. The van der Waals surface area contributed by atoms with Crippen LogP contribution in [0.25, 0.3) is 0 Å². The number of nitrogens with zero attached hydrogens (tertiary/aromatic N) is 1. The van der Waals surface area contributed by atoms with Crippen molar-refractivity contribution in [1.82, 2.24) is 10.6 Å². The number of benzene rings is 1. The maximum absolute atomic E-state index is 12.9. The monoisotopic (exact) mass is 499 g/mol. The van der Waals surface area contributed by atoms with Crippen molar-refractivity contribution in [2.45, 2.75) is 45.3 Å². The van der Waals surface area contributed by atoms with Gasteiger partial charge < -0.3 is 15.4 Å². The molecular formula is C19H29F3IN3O. The van der Waals surface area contributed by atoms with E-state index in [0.29, 0.717) is 11.5 Å². The molecule has 4 nitrogen and oxygen atoms in total. The molecule has 0 saturated heterocycles.